The fourth-order valence-corrected chi connectivity index (χ4v) is 1.72. The first kappa shape index (κ1) is 13.1. The first-order chi connectivity index (χ1) is 8.43. The standard InChI is InChI=1S/C11H12N2.C5H12/c1-2-4-11-10(3-1)7-12-13(11)8-9-5-6-9;1-5(2,3)4/h1-4,7,9H,5-6,8H2;1-4H3. The van der Waals surface area contributed by atoms with Gasteiger partial charge >= 0.3 is 0 Å². The van der Waals surface area contributed by atoms with Crippen LogP contribution in [0.25, 0.3) is 10.9 Å². The number of nitrogens with zero attached hydrogens (tertiary/aromatic N) is 2. The Hall–Kier alpha value is -1.31. The highest BCUT2D eigenvalue weighted by Crippen LogP contribution is 2.31. The third-order valence-electron chi connectivity index (χ3n) is 2.68. The molecule has 0 N–H and O–H groups in total. The van der Waals surface area contributed by atoms with Crippen molar-refractivity contribution in [2.24, 2.45) is 11.3 Å². The maximum atomic E-state index is 4.39. The minimum Gasteiger partial charge on any atom is -0.265 e. The number of fused-ring (bicyclic) bond motifs is 1. The van der Waals surface area contributed by atoms with Crippen LogP contribution in [0.2, 0.25) is 0 Å². The summed E-state index contributed by atoms with van der Waals surface area (Å²) in [6, 6.07) is 8.40. The van der Waals surface area contributed by atoms with Crippen LogP contribution >= 0.6 is 0 Å². The summed E-state index contributed by atoms with van der Waals surface area (Å²) >= 11 is 0. The predicted molar refractivity (Wildman–Crippen MR) is 77.6 cm³/mol. The lowest BCUT2D eigenvalue weighted by Crippen LogP contribution is -2.00. The van der Waals surface area contributed by atoms with Gasteiger partial charge in [-0.25, -0.2) is 0 Å². The SMILES string of the molecule is CC(C)(C)C.c1ccc2c(c1)cnn2CC1CC1. The van der Waals surface area contributed by atoms with Crippen molar-refractivity contribution in [1.29, 1.82) is 0 Å². The zero-order chi connectivity index (χ0) is 13.2. The maximum Gasteiger partial charge on any atom is 0.0682 e. The average molecular weight is 244 g/mol. The summed E-state index contributed by atoms with van der Waals surface area (Å²) in [5.41, 5.74) is 1.77. The van der Waals surface area contributed by atoms with Crippen molar-refractivity contribution >= 4 is 10.9 Å². The highest BCUT2D eigenvalue weighted by Gasteiger charge is 2.22. The minimum atomic E-state index is 0.500. The summed E-state index contributed by atoms with van der Waals surface area (Å²) in [6.07, 6.45) is 4.72. The van der Waals surface area contributed by atoms with Gasteiger partial charge < -0.3 is 0 Å². The Morgan fingerprint density at radius 2 is 1.78 bits per heavy atom. The Morgan fingerprint density at radius 1 is 1.17 bits per heavy atom. The van der Waals surface area contributed by atoms with E-state index in [1.165, 1.54) is 23.7 Å². The summed E-state index contributed by atoms with van der Waals surface area (Å²) in [5, 5.41) is 5.65. The summed E-state index contributed by atoms with van der Waals surface area (Å²) < 4.78 is 2.13. The number of hydrogen-bond donors (Lipinski definition) is 0. The zero-order valence-corrected chi connectivity index (χ0v) is 12.0. The van der Waals surface area contributed by atoms with E-state index in [1.54, 1.807) is 0 Å². The van der Waals surface area contributed by atoms with Gasteiger partial charge in [-0.3, -0.25) is 4.68 Å². The van der Waals surface area contributed by atoms with Crippen LogP contribution in [-0.4, -0.2) is 9.78 Å². The van der Waals surface area contributed by atoms with Gasteiger partial charge in [0.1, 0.15) is 0 Å². The number of aromatic nitrogens is 2. The van der Waals surface area contributed by atoms with Crippen LogP contribution in [0.3, 0.4) is 0 Å². The van der Waals surface area contributed by atoms with E-state index in [-0.39, 0.29) is 0 Å². The molecule has 0 aliphatic heterocycles. The number of rotatable bonds is 2. The molecule has 0 bridgehead atoms. The van der Waals surface area contributed by atoms with Crippen molar-refractivity contribution in [3.05, 3.63) is 30.5 Å². The van der Waals surface area contributed by atoms with Crippen molar-refractivity contribution < 1.29 is 0 Å². The van der Waals surface area contributed by atoms with E-state index in [4.69, 9.17) is 0 Å². The molecule has 0 amide bonds. The molecule has 0 spiro atoms. The van der Waals surface area contributed by atoms with Crippen LogP contribution in [0.15, 0.2) is 30.5 Å². The van der Waals surface area contributed by atoms with E-state index in [9.17, 15) is 0 Å². The third kappa shape index (κ3) is 4.17. The van der Waals surface area contributed by atoms with Crippen LogP contribution < -0.4 is 0 Å². The molecule has 1 fully saturated rings. The molecule has 1 aromatic heterocycles. The van der Waals surface area contributed by atoms with Crippen molar-refractivity contribution in [2.75, 3.05) is 0 Å². The molecule has 0 saturated heterocycles. The quantitative estimate of drug-likeness (QED) is 0.760. The second kappa shape index (κ2) is 5.13. The molecule has 2 nitrogen and oxygen atoms in total. The van der Waals surface area contributed by atoms with Crippen LogP contribution in [0.1, 0.15) is 40.5 Å². The molecule has 1 heterocycles. The van der Waals surface area contributed by atoms with Crippen LogP contribution in [0.5, 0.6) is 0 Å². The van der Waals surface area contributed by atoms with Gasteiger partial charge in [0.25, 0.3) is 0 Å². The molecule has 1 aliphatic carbocycles. The molecule has 0 unspecified atom stereocenters. The second-order valence-electron chi connectivity index (χ2n) is 6.83. The molecular formula is C16H24N2. The van der Waals surface area contributed by atoms with E-state index in [0.29, 0.717) is 5.41 Å². The van der Waals surface area contributed by atoms with Crippen LogP contribution in [0, 0.1) is 11.3 Å². The van der Waals surface area contributed by atoms with E-state index in [2.05, 4.69) is 61.7 Å². The van der Waals surface area contributed by atoms with E-state index < -0.39 is 0 Å². The molecule has 0 radical (unpaired) electrons. The van der Waals surface area contributed by atoms with Gasteiger partial charge in [0.2, 0.25) is 0 Å². The van der Waals surface area contributed by atoms with Gasteiger partial charge in [-0.15, -0.1) is 0 Å². The highest BCUT2D eigenvalue weighted by molar-refractivity contribution is 5.78. The molecule has 3 rings (SSSR count). The molecule has 2 aromatic rings. The Labute approximate surface area is 110 Å². The molecule has 1 saturated carbocycles. The monoisotopic (exact) mass is 244 g/mol. The maximum absolute atomic E-state index is 4.39. The first-order valence-electron chi connectivity index (χ1n) is 6.84. The normalized spacial score (nSPS) is 15.3. The van der Waals surface area contributed by atoms with Gasteiger partial charge in [-0.05, 0) is 30.2 Å². The Kier molecular flexibility index (Phi) is 3.74. The number of para-hydroxylation sites is 1. The fourth-order valence-electron chi connectivity index (χ4n) is 1.72. The molecule has 0 atom stereocenters. The topological polar surface area (TPSA) is 17.8 Å². The van der Waals surface area contributed by atoms with Crippen molar-refractivity contribution in [1.82, 2.24) is 9.78 Å². The van der Waals surface area contributed by atoms with E-state index >= 15 is 0 Å². The molecular weight excluding hydrogens is 220 g/mol. The average Bonchev–Trinajstić information content (AvgIpc) is 2.98. The Bertz CT molecular complexity index is 495. The summed E-state index contributed by atoms with van der Waals surface area (Å²) in [7, 11) is 0. The van der Waals surface area contributed by atoms with Crippen LogP contribution in [0.4, 0.5) is 0 Å². The molecule has 98 valence electrons. The number of hydrogen-bond acceptors (Lipinski definition) is 1. The van der Waals surface area contributed by atoms with E-state index in [0.717, 1.165) is 12.5 Å². The summed E-state index contributed by atoms with van der Waals surface area (Å²) in [5.74, 6) is 0.892. The molecule has 18 heavy (non-hydrogen) atoms. The summed E-state index contributed by atoms with van der Waals surface area (Å²) in [4.78, 5) is 0. The molecule has 1 aromatic carbocycles. The Balaban J connectivity index is 0.000000209. The lowest BCUT2D eigenvalue weighted by Gasteiger charge is -2.05. The zero-order valence-electron chi connectivity index (χ0n) is 12.0. The first-order valence-corrected chi connectivity index (χ1v) is 6.84. The van der Waals surface area contributed by atoms with Crippen molar-refractivity contribution in [3.63, 3.8) is 0 Å². The largest absolute Gasteiger partial charge is 0.265 e. The van der Waals surface area contributed by atoms with E-state index in [1.807, 2.05) is 6.20 Å². The highest BCUT2D eigenvalue weighted by atomic mass is 15.3. The van der Waals surface area contributed by atoms with Crippen molar-refractivity contribution in [3.8, 4) is 0 Å². The lowest BCUT2D eigenvalue weighted by molar-refractivity contribution is 0.469. The van der Waals surface area contributed by atoms with Gasteiger partial charge in [-0.2, -0.15) is 5.10 Å². The third-order valence-corrected chi connectivity index (χ3v) is 2.68. The van der Waals surface area contributed by atoms with Gasteiger partial charge in [0, 0.05) is 11.9 Å². The Morgan fingerprint density at radius 3 is 2.39 bits per heavy atom. The minimum absolute atomic E-state index is 0.500. The predicted octanol–water partition coefficient (Wildman–Crippen LogP) is 4.50. The smallest absolute Gasteiger partial charge is 0.0682 e. The van der Waals surface area contributed by atoms with Crippen LogP contribution in [-0.2, 0) is 6.54 Å². The number of benzene rings is 1. The van der Waals surface area contributed by atoms with Gasteiger partial charge in [0.15, 0.2) is 0 Å². The van der Waals surface area contributed by atoms with Gasteiger partial charge in [0.05, 0.1) is 11.7 Å². The lowest BCUT2D eigenvalue weighted by atomic mass is 10.0. The summed E-state index contributed by atoms with van der Waals surface area (Å²) in [6.45, 7) is 9.85. The van der Waals surface area contributed by atoms with Gasteiger partial charge in [-0.1, -0.05) is 45.9 Å². The second-order valence-corrected chi connectivity index (χ2v) is 6.83. The molecule has 1 aliphatic rings. The fraction of sp³-hybridized carbons (Fsp3) is 0.562. The van der Waals surface area contributed by atoms with Crippen molar-refractivity contribution in [2.45, 2.75) is 47.1 Å². The molecule has 2 heteroatoms.